The van der Waals surface area contributed by atoms with Crippen molar-refractivity contribution in [3.8, 4) is 5.75 Å². The molecule has 0 radical (unpaired) electrons. The lowest BCUT2D eigenvalue weighted by molar-refractivity contribution is -0.113. The second-order valence-electron chi connectivity index (χ2n) is 6.10. The van der Waals surface area contributed by atoms with Gasteiger partial charge in [-0.3, -0.25) is 4.79 Å². The van der Waals surface area contributed by atoms with E-state index in [0.29, 0.717) is 16.1 Å². The third-order valence-corrected chi connectivity index (χ3v) is 5.59. The predicted molar refractivity (Wildman–Crippen MR) is 107 cm³/mol. The molecule has 0 bridgehead atoms. The first kappa shape index (κ1) is 19.4. The van der Waals surface area contributed by atoms with Crippen LogP contribution in [0.15, 0.2) is 34.9 Å². The molecule has 0 spiro atoms. The van der Waals surface area contributed by atoms with Gasteiger partial charge >= 0.3 is 0 Å². The maximum absolute atomic E-state index is 12.0. The van der Waals surface area contributed by atoms with Crippen LogP contribution in [0, 0.1) is 13.8 Å². The summed E-state index contributed by atoms with van der Waals surface area (Å²) in [5, 5.41) is 14.2. The number of nitrogens with zero attached hydrogens (tertiary/aromatic N) is 4. The van der Waals surface area contributed by atoms with Crippen LogP contribution < -0.4 is 10.1 Å². The first-order chi connectivity index (χ1) is 12.9. The minimum Gasteiger partial charge on any atom is -0.482 e. The Morgan fingerprint density at radius 2 is 2.19 bits per heavy atom. The molecule has 1 amide bonds. The van der Waals surface area contributed by atoms with Crippen molar-refractivity contribution in [1.29, 1.82) is 0 Å². The second kappa shape index (κ2) is 8.53. The fourth-order valence-electron chi connectivity index (χ4n) is 2.55. The van der Waals surface area contributed by atoms with Crippen molar-refractivity contribution in [3.63, 3.8) is 0 Å². The molecule has 0 fully saturated rings. The van der Waals surface area contributed by atoms with Gasteiger partial charge in [-0.25, -0.2) is 4.98 Å². The van der Waals surface area contributed by atoms with Gasteiger partial charge in [0.1, 0.15) is 5.75 Å². The molecule has 0 aliphatic carbocycles. The average Bonchev–Trinajstić information content (AvgIpc) is 3.25. The first-order valence-corrected chi connectivity index (χ1v) is 10.3. The number of nitrogens with one attached hydrogen (secondary N) is 1. The van der Waals surface area contributed by atoms with Gasteiger partial charge in [-0.05, 0) is 32.4 Å². The fourth-order valence-corrected chi connectivity index (χ4v) is 3.81. The van der Waals surface area contributed by atoms with Gasteiger partial charge in [-0.1, -0.05) is 29.5 Å². The minimum absolute atomic E-state index is 0.126. The molecular weight excluding hydrogens is 382 g/mol. The molecule has 9 heteroatoms. The number of amides is 1. The Hall–Kier alpha value is -2.39. The zero-order valence-electron chi connectivity index (χ0n) is 15.6. The third kappa shape index (κ3) is 4.86. The van der Waals surface area contributed by atoms with Crippen LogP contribution in [-0.2, 0) is 11.8 Å². The normalized spacial score (nSPS) is 12.0. The van der Waals surface area contributed by atoms with Crippen LogP contribution in [0.2, 0.25) is 0 Å². The fraction of sp³-hybridized carbons (Fsp3) is 0.333. The number of ether oxygens (including phenoxy) is 1. The molecule has 1 atom stereocenters. The first-order valence-electron chi connectivity index (χ1n) is 8.39. The molecule has 2 heterocycles. The van der Waals surface area contributed by atoms with E-state index in [1.807, 2.05) is 43.0 Å². The van der Waals surface area contributed by atoms with Crippen molar-refractivity contribution in [3.05, 3.63) is 46.7 Å². The molecule has 7 nitrogen and oxygen atoms in total. The molecule has 27 heavy (non-hydrogen) atoms. The number of hydrogen-bond acceptors (Lipinski definition) is 7. The molecule has 2 aromatic heterocycles. The van der Waals surface area contributed by atoms with E-state index in [1.165, 1.54) is 28.7 Å². The van der Waals surface area contributed by atoms with Crippen molar-refractivity contribution >= 4 is 34.1 Å². The Kier molecular flexibility index (Phi) is 6.12. The van der Waals surface area contributed by atoms with Gasteiger partial charge in [-0.2, -0.15) is 0 Å². The Bertz CT molecular complexity index is 924. The number of aromatic nitrogens is 4. The van der Waals surface area contributed by atoms with Crippen molar-refractivity contribution in [2.45, 2.75) is 32.0 Å². The number of rotatable bonds is 7. The molecular formula is C18H21N5O2S2. The van der Waals surface area contributed by atoms with Crippen LogP contribution in [0.1, 0.15) is 30.0 Å². The average molecular weight is 404 g/mol. The smallest absolute Gasteiger partial charge is 0.236 e. The second-order valence-corrected chi connectivity index (χ2v) is 7.94. The molecule has 1 unspecified atom stereocenters. The number of benzene rings is 1. The maximum atomic E-state index is 12.0. The van der Waals surface area contributed by atoms with E-state index in [-0.39, 0.29) is 17.8 Å². The highest BCUT2D eigenvalue weighted by Crippen LogP contribution is 2.26. The molecule has 1 N–H and O–H groups in total. The van der Waals surface area contributed by atoms with Crippen molar-refractivity contribution in [2.24, 2.45) is 7.05 Å². The lowest BCUT2D eigenvalue weighted by Gasteiger charge is -2.16. The minimum atomic E-state index is -0.262. The maximum Gasteiger partial charge on any atom is 0.236 e. The Labute approximate surface area is 166 Å². The number of hydrogen-bond donors (Lipinski definition) is 1. The SMILES string of the molecule is Cc1ccc(OC(C)c2nnc(SCC(=O)Nc3nccs3)n2C)c(C)c1. The van der Waals surface area contributed by atoms with Gasteiger partial charge in [0.15, 0.2) is 22.2 Å². The molecule has 1 aromatic carbocycles. The molecule has 0 saturated carbocycles. The van der Waals surface area contributed by atoms with Crippen LogP contribution in [0.4, 0.5) is 5.13 Å². The van der Waals surface area contributed by atoms with Crippen LogP contribution in [0.25, 0.3) is 0 Å². The summed E-state index contributed by atoms with van der Waals surface area (Å²) >= 11 is 2.71. The number of anilines is 1. The summed E-state index contributed by atoms with van der Waals surface area (Å²) in [5.74, 6) is 1.64. The topological polar surface area (TPSA) is 81.9 Å². The summed E-state index contributed by atoms with van der Waals surface area (Å²) in [5.41, 5.74) is 2.28. The highest BCUT2D eigenvalue weighted by molar-refractivity contribution is 7.99. The molecule has 3 rings (SSSR count). The highest BCUT2D eigenvalue weighted by atomic mass is 32.2. The number of thioether (sulfide) groups is 1. The third-order valence-electron chi connectivity index (χ3n) is 3.88. The van der Waals surface area contributed by atoms with Gasteiger partial charge in [0, 0.05) is 18.6 Å². The lowest BCUT2D eigenvalue weighted by atomic mass is 10.1. The van der Waals surface area contributed by atoms with Gasteiger partial charge in [-0.15, -0.1) is 21.5 Å². The predicted octanol–water partition coefficient (Wildman–Crippen LogP) is 3.76. The van der Waals surface area contributed by atoms with Crippen LogP contribution in [-0.4, -0.2) is 31.4 Å². The van der Waals surface area contributed by atoms with E-state index in [0.717, 1.165) is 11.3 Å². The summed E-state index contributed by atoms with van der Waals surface area (Å²) in [6.45, 7) is 6.01. The van der Waals surface area contributed by atoms with Crippen molar-refractivity contribution in [2.75, 3.05) is 11.1 Å². The van der Waals surface area contributed by atoms with Gasteiger partial charge in [0.25, 0.3) is 0 Å². The van der Waals surface area contributed by atoms with E-state index >= 15 is 0 Å². The number of carbonyl (C=O) groups excluding carboxylic acids is 1. The zero-order valence-corrected chi connectivity index (χ0v) is 17.2. The van der Waals surface area contributed by atoms with Crippen LogP contribution in [0.3, 0.4) is 0 Å². The quantitative estimate of drug-likeness (QED) is 0.605. The summed E-state index contributed by atoms with van der Waals surface area (Å²) in [6, 6.07) is 6.07. The number of aryl methyl sites for hydroxylation is 2. The van der Waals surface area contributed by atoms with Gasteiger partial charge in [0.2, 0.25) is 5.91 Å². The summed E-state index contributed by atoms with van der Waals surface area (Å²) in [4.78, 5) is 16.0. The molecule has 3 aromatic rings. The number of carbonyl (C=O) groups is 1. The van der Waals surface area contributed by atoms with Crippen LogP contribution >= 0.6 is 23.1 Å². The van der Waals surface area contributed by atoms with E-state index in [9.17, 15) is 4.79 Å². The summed E-state index contributed by atoms with van der Waals surface area (Å²) in [6.07, 6.45) is 1.39. The monoisotopic (exact) mass is 403 g/mol. The van der Waals surface area contributed by atoms with Crippen LogP contribution in [0.5, 0.6) is 5.75 Å². The molecule has 0 aliphatic rings. The largest absolute Gasteiger partial charge is 0.482 e. The number of thiazole rings is 1. The summed E-state index contributed by atoms with van der Waals surface area (Å²) < 4.78 is 7.91. The molecule has 0 aliphatic heterocycles. The Balaban J connectivity index is 1.61. The zero-order chi connectivity index (χ0) is 19.4. The Morgan fingerprint density at radius 1 is 1.37 bits per heavy atom. The highest BCUT2D eigenvalue weighted by Gasteiger charge is 2.18. The van der Waals surface area contributed by atoms with E-state index in [2.05, 4.69) is 33.5 Å². The van der Waals surface area contributed by atoms with Gasteiger partial charge in [0.05, 0.1) is 5.75 Å². The van der Waals surface area contributed by atoms with E-state index < -0.39 is 0 Å². The molecule has 0 saturated heterocycles. The van der Waals surface area contributed by atoms with Gasteiger partial charge < -0.3 is 14.6 Å². The molecule has 142 valence electrons. The van der Waals surface area contributed by atoms with E-state index in [1.54, 1.807) is 6.20 Å². The Morgan fingerprint density at radius 3 is 2.89 bits per heavy atom. The van der Waals surface area contributed by atoms with E-state index in [4.69, 9.17) is 4.74 Å². The summed E-state index contributed by atoms with van der Waals surface area (Å²) in [7, 11) is 1.87. The standard InChI is InChI=1S/C18H21N5O2S2/c1-11-5-6-14(12(2)9-11)25-13(3)16-21-22-18(23(16)4)27-10-15(24)20-17-19-7-8-26-17/h5-9,13H,10H2,1-4H3,(H,19,20,24). The lowest BCUT2D eigenvalue weighted by Crippen LogP contribution is -2.14. The van der Waals surface area contributed by atoms with Crippen molar-refractivity contribution < 1.29 is 9.53 Å². The van der Waals surface area contributed by atoms with Crippen molar-refractivity contribution in [1.82, 2.24) is 19.7 Å².